The summed E-state index contributed by atoms with van der Waals surface area (Å²) in [6, 6.07) is 4.41. The summed E-state index contributed by atoms with van der Waals surface area (Å²) in [5.41, 5.74) is 6.25. The average molecular weight is 282 g/mol. The molecule has 1 aromatic rings. The Kier molecular flexibility index (Phi) is 4.76. The Morgan fingerprint density at radius 1 is 1.30 bits per heavy atom. The van der Waals surface area contributed by atoms with Crippen LogP contribution in [0.5, 0.6) is 0 Å². The minimum atomic E-state index is -0.799. The molecule has 0 saturated carbocycles. The molecule has 0 spiro atoms. The third kappa shape index (κ3) is 2.86. The third-order valence-electron chi connectivity index (χ3n) is 4.61. The Labute approximate surface area is 120 Å². The highest BCUT2D eigenvalue weighted by atomic mass is 19.2. The van der Waals surface area contributed by atoms with Gasteiger partial charge in [-0.2, -0.15) is 0 Å². The summed E-state index contributed by atoms with van der Waals surface area (Å²) >= 11 is 0. The van der Waals surface area contributed by atoms with Gasteiger partial charge in [0.25, 0.3) is 0 Å². The van der Waals surface area contributed by atoms with Crippen LogP contribution in [0.1, 0.15) is 38.8 Å². The lowest BCUT2D eigenvalue weighted by atomic mass is 9.84. The van der Waals surface area contributed by atoms with Gasteiger partial charge < -0.3 is 5.73 Å². The quantitative estimate of drug-likeness (QED) is 0.921. The first-order valence-corrected chi connectivity index (χ1v) is 7.35. The second-order valence-electron chi connectivity index (χ2n) is 6.15. The fourth-order valence-electron chi connectivity index (χ4n) is 3.39. The van der Waals surface area contributed by atoms with Gasteiger partial charge in [-0.25, -0.2) is 8.78 Å². The molecule has 0 aromatic heterocycles. The van der Waals surface area contributed by atoms with Crippen molar-refractivity contribution >= 4 is 0 Å². The van der Waals surface area contributed by atoms with Crippen LogP contribution in [0.25, 0.3) is 0 Å². The molecular weight excluding hydrogens is 258 g/mol. The normalized spacial score (nSPS) is 29.4. The number of halogens is 2. The largest absolute Gasteiger partial charge is 0.329 e. The van der Waals surface area contributed by atoms with E-state index in [-0.39, 0.29) is 6.04 Å². The average Bonchev–Trinajstić information content (AvgIpc) is 2.40. The van der Waals surface area contributed by atoms with E-state index in [0.717, 1.165) is 12.6 Å². The van der Waals surface area contributed by atoms with E-state index in [4.69, 9.17) is 5.73 Å². The van der Waals surface area contributed by atoms with Crippen molar-refractivity contribution in [1.82, 2.24) is 4.90 Å². The summed E-state index contributed by atoms with van der Waals surface area (Å²) < 4.78 is 27.5. The molecule has 0 amide bonds. The molecule has 4 unspecified atom stereocenters. The molecule has 1 heterocycles. The van der Waals surface area contributed by atoms with E-state index in [1.165, 1.54) is 6.42 Å². The Morgan fingerprint density at radius 2 is 2.00 bits per heavy atom. The van der Waals surface area contributed by atoms with E-state index in [9.17, 15) is 8.78 Å². The smallest absolute Gasteiger partial charge is 0.163 e. The molecule has 1 fully saturated rings. The third-order valence-corrected chi connectivity index (χ3v) is 4.61. The van der Waals surface area contributed by atoms with Gasteiger partial charge in [0.05, 0.1) is 6.04 Å². The highest BCUT2D eigenvalue weighted by molar-refractivity contribution is 5.23. The van der Waals surface area contributed by atoms with Crippen molar-refractivity contribution in [2.45, 2.75) is 39.3 Å². The zero-order valence-electron chi connectivity index (χ0n) is 12.4. The van der Waals surface area contributed by atoms with Gasteiger partial charge in [-0.15, -0.1) is 0 Å². The molecule has 0 bridgehead atoms. The predicted molar refractivity (Wildman–Crippen MR) is 77.3 cm³/mol. The van der Waals surface area contributed by atoms with Gasteiger partial charge in [0.15, 0.2) is 11.6 Å². The number of nitrogens with two attached hydrogens (primary N) is 1. The number of piperidine rings is 1. The van der Waals surface area contributed by atoms with Gasteiger partial charge in [-0.1, -0.05) is 26.0 Å². The summed E-state index contributed by atoms with van der Waals surface area (Å²) in [7, 11) is 0. The summed E-state index contributed by atoms with van der Waals surface area (Å²) in [6.45, 7) is 7.73. The van der Waals surface area contributed by atoms with E-state index in [1.807, 2.05) is 0 Å². The van der Waals surface area contributed by atoms with Crippen LogP contribution in [0.3, 0.4) is 0 Å². The molecule has 4 atom stereocenters. The second kappa shape index (κ2) is 6.19. The van der Waals surface area contributed by atoms with Gasteiger partial charge in [-0.05, 0) is 31.2 Å². The fourth-order valence-corrected chi connectivity index (χ4v) is 3.39. The van der Waals surface area contributed by atoms with Gasteiger partial charge in [0.1, 0.15) is 0 Å². The fraction of sp³-hybridized carbons (Fsp3) is 0.625. The van der Waals surface area contributed by atoms with Crippen molar-refractivity contribution < 1.29 is 8.78 Å². The lowest BCUT2D eigenvalue weighted by molar-refractivity contribution is 0.0409. The van der Waals surface area contributed by atoms with Crippen molar-refractivity contribution in [3.8, 4) is 0 Å². The van der Waals surface area contributed by atoms with Crippen LogP contribution < -0.4 is 5.73 Å². The molecule has 1 aromatic carbocycles. The van der Waals surface area contributed by atoms with Gasteiger partial charge in [0, 0.05) is 24.7 Å². The molecule has 1 aliphatic rings. The van der Waals surface area contributed by atoms with Crippen molar-refractivity contribution in [2.24, 2.45) is 17.6 Å². The highest BCUT2D eigenvalue weighted by Crippen LogP contribution is 2.34. The highest BCUT2D eigenvalue weighted by Gasteiger charge is 2.34. The van der Waals surface area contributed by atoms with Crippen LogP contribution in [0, 0.1) is 23.5 Å². The van der Waals surface area contributed by atoms with E-state index in [1.54, 1.807) is 12.1 Å². The number of benzene rings is 1. The van der Waals surface area contributed by atoms with Crippen LogP contribution in [0.15, 0.2) is 18.2 Å². The number of rotatable bonds is 3. The van der Waals surface area contributed by atoms with Gasteiger partial charge >= 0.3 is 0 Å². The Balaban J connectivity index is 2.33. The molecule has 2 N–H and O–H groups in total. The maximum Gasteiger partial charge on any atom is 0.163 e. The van der Waals surface area contributed by atoms with Crippen molar-refractivity contribution in [1.29, 1.82) is 0 Å². The van der Waals surface area contributed by atoms with Crippen molar-refractivity contribution in [3.63, 3.8) is 0 Å². The molecule has 2 rings (SSSR count). The summed E-state index contributed by atoms with van der Waals surface area (Å²) in [6.07, 6.45) is 1.17. The van der Waals surface area contributed by atoms with Crippen molar-refractivity contribution in [2.75, 3.05) is 13.1 Å². The van der Waals surface area contributed by atoms with Crippen LogP contribution in [-0.2, 0) is 0 Å². The first-order valence-electron chi connectivity index (χ1n) is 7.35. The molecule has 1 saturated heterocycles. The Morgan fingerprint density at radius 3 is 2.65 bits per heavy atom. The van der Waals surface area contributed by atoms with E-state index in [2.05, 4.69) is 25.7 Å². The number of nitrogens with zero attached hydrogens (tertiary/aromatic N) is 1. The first kappa shape index (κ1) is 15.4. The predicted octanol–water partition coefficient (Wildman–Crippen LogP) is 3.33. The minimum Gasteiger partial charge on any atom is -0.329 e. The standard InChI is InChI=1S/C16H24F2N2/c1-10-7-11(2)12(3)20(9-10)15(8-19)13-5-4-6-14(17)16(13)18/h4-6,10-12,15H,7-9,19H2,1-3H3. The number of hydrogen-bond donors (Lipinski definition) is 1. The molecule has 1 aliphatic heterocycles. The Bertz CT molecular complexity index is 464. The maximum atomic E-state index is 14.1. The molecule has 4 heteroatoms. The lowest BCUT2D eigenvalue weighted by Crippen LogP contribution is -2.49. The van der Waals surface area contributed by atoms with Gasteiger partial charge in [-0.3, -0.25) is 4.90 Å². The zero-order chi connectivity index (χ0) is 14.9. The molecule has 0 aliphatic carbocycles. The van der Waals surface area contributed by atoms with Crippen LogP contribution in [0.2, 0.25) is 0 Å². The Hall–Kier alpha value is -1.00. The summed E-state index contributed by atoms with van der Waals surface area (Å²) in [5, 5.41) is 0. The molecular formula is C16H24F2N2. The SMILES string of the molecule is CC1CC(C)C(C)N(C(CN)c2cccc(F)c2F)C1. The summed E-state index contributed by atoms with van der Waals surface area (Å²) in [4.78, 5) is 2.23. The van der Waals surface area contributed by atoms with Crippen LogP contribution >= 0.6 is 0 Å². The number of likely N-dealkylation sites (tertiary alicyclic amines) is 1. The molecule has 112 valence electrons. The topological polar surface area (TPSA) is 29.3 Å². The first-order chi connectivity index (χ1) is 9.45. The molecule has 20 heavy (non-hydrogen) atoms. The molecule has 2 nitrogen and oxygen atoms in total. The zero-order valence-corrected chi connectivity index (χ0v) is 12.4. The van der Waals surface area contributed by atoms with Crippen LogP contribution in [-0.4, -0.2) is 24.0 Å². The monoisotopic (exact) mass is 282 g/mol. The van der Waals surface area contributed by atoms with Crippen LogP contribution in [0.4, 0.5) is 8.78 Å². The number of hydrogen-bond acceptors (Lipinski definition) is 2. The molecule has 0 radical (unpaired) electrons. The van der Waals surface area contributed by atoms with E-state index in [0.29, 0.717) is 30.0 Å². The minimum absolute atomic E-state index is 0.258. The van der Waals surface area contributed by atoms with E-state index >= 15 is 0 Å². The van der Waals surface area contributed by atoms with E-state index < -0.39 is 11.6 Å². The summed E-state index contributed by atoms with van der Waals surface area (Å²) in [5.74, 6) is -0.482. The van der Waals surface area contributed by atoms with Crippen molar-refractivity contribution in [3.05, 3.63) is 35.4 Å². The lowest BCUT2D eigenvalue weighted by Gasteiger charge is -2.45. The second-order valence-corrected chi connectivity index (χ2v) is 6.15. The maximum absolute atomic E-state index is 14.1. The van der Waals surface area contributed by atoms with Gasteiger partial charge in [0.2, 0.25) is 0 Å².